The quantitative estimate of drug-likeness (QED) is 0.720. The van der Waals surface area contributed by atoms with Crippen LogP contribution >= 0.6 is 0 Å². The molecule has 1 fully saturated rings. The molecule has 8 heteroatoms. The number of rotatable bonds is 6. The summed E-state index contributed by atoms with van der Waals surface area (Å²) in [4.78, 5) is 31.3. The van der Waals surface area contributed by atoms with E-state index in [1.165, 1.54) is 7.11 Å². The van der Waals surface area contributed by atoms with E-state index >= 15 is 0 Å². The summed E-state index contributed by atoms with van der Waals surface area (Å²) < 4.78 is 4.74. The maximum absolute atomic E-state index is 13.6. The van der Waals surface area contributed by atoms with E-state index in [0.717, 1.165) is 19.3 Å². The van der Waals surface area contributed by atoms with Gasteiger partial charge >= 0.3 is 6.09 Å². The molecule has 1 aromatic rings. The fraction of sp³-hybridized carbons (Fsp3) is 0.381. The second-order valence-electron chi connectivity index (χ2n) is 6.96. The highest BCUT2D eigenvalue weighted by Gasteiger charge is 2.39. The van der Waals surface area contributed by atoms with Gasteiger partial charge in [0.1, 0.15) is 11.9 Å². The topological polar surface area (TPSA) is 86.3 Å². The molecule has 2 aliphatic rings. The second-order valence-corrected chi connectivity index (χ2v) is 6.96. The van der Waals surface area contributed by atoms with Crippen molar-refractivity contribution in [3.05, 3.63) is 60.6 Å². The molecule has 2 amide bonds. The Labute approximate surface area is 170 Å². The number of carbonyl (C=O) groups excluding carboxylic acids is 2. The lowest BCUT2D eigenvalue weighted by atomic mass is 9.94. The number of hydrazine groups is 1. The van der Waals surface area contributed by atoms with Gasteiger partial charge in [-0.05, 0) is 37.6 Å². The zero-order valence-electron chi connectivity index (χ0n) is 16.6. The number of ether oxygens (including phenoxy) is 1. The van der Waals surface area contributed by atoms with Crippen LogP contribution in [-0.4, -0.2) is 54.4 Å². The maximum Gasteiger partial charge on any atom is 0.407 e. The summed E-state index contributed by atoms with van der Waals surface area (Å²) in [6, 6.07) is 8.18. The van der Waals surface area contributed by atoms with Crippen LogP contribution < -0.4 is 10.7 Å². The predicted molar refractivity (Wildman–Crippen MR) is 111 cm³/mol. The van der Waals surface area contributed by atoms with E-state index in [1.54, 1.807) is 11.2 Å². The number of alkyl carbamates (subject to hydrolysis) is 1. The first-order chi connectivity index (χ1) is 14.1. The molecule has 0 aliphatic carbocycles. The molecular formula is C21H27N5O3. The highest BCUT2D eigenvalue weighted by Crippen LogP contribution is 2.28. The first-order valence-corrected chi connectivity index (χ1v) is 9.65. The van der Waals surface area contributed by atoms with Crippen LogP contribution in [-0.2, 0) is 9.53 Å². The summed E-state index contributed by atoms with van der Waals surface area (Å²) in [5, 5.41) is 4.39. The Hall–Kier alpha value is -3.13. The van der Waals surface area contributed by atoms with Gasteiger partial charge in [0.05, 0.1) is 19.2 Å². The predicted octanol–water partition coefficient (Wildman–Crippen LogP) is 2.34. The van der Waals surface area contributed by atoms with Crippen molar-refractivity contribution in [2.45, 2.75) is 37.4 Å². The van der Waals surface area contributed by atoms with Crippen LogP contribution in [0.1, 0.15) is 30.9 Å². The van der Waals surface area contributed by atoms with E-state index in [0.29, 0.717) is 17.9 Å². The van der Waals surface area contributed by atoms with Gasteiger partial charge in [-0.15, -0.1) is 0 Å². The van der Waals surface area contributed by atoms with Crippen molar-refractivity contribution in [1.82, 2.24) is 20.7 Å². The molecule has 3 atom stereocenters. The van der Waals surface area contributed by atoms with Crippen LogP contribution in [0.5, 0.6) is 0 Å². The molecule has 0 bridgehead atoms. The Kier molecular flexibility index (Phi) is 6.66. The average molecular weight is 397 g/mol. The maximum atomic E-state index is 13.6. The van der Waals surface area contributed by atoms with E-state index in [9.17, 15) is 9.59 Å². The lowest BCUT2D eigenvalue weighted by Gasteiger charge is -2.40. The largest absolute Gasteiger partial charge is 0.453 e. The molecule has 29 heavy (non-hydrogen) atoms. The Morgan fingerprint density at radius 2 is 2.10 bits per heavy atom. The van der Waals surface area contributed by atoms with E-state index in [-0.39, 0.29) is 18.0 Å². The molecular weight excluding hydrogens is 370 g/mol. The molecule has 1 aromatic carbocycles. The van der Waals surface area contributed by atoms with E-state index in [1.807, 2.05) is 41.3 Å². The number of hydrogen-bond donors (Lipinski definition) is 2. The number of amides is 2. The molecule has 3 unspecified atom stereocenters. The molecule has 2 N–H and O–H groups in total. The van der Waals surface area contributed by atoms with Gasteiger partial charge in [-0.2, -0.15) is 0 Å². The third-order valence-corrected chi connectivity index (χ3v) is 5.28. The Morgan fingerprint density at radius 3 is 2.72 bits per heavy atom. The van der Waals surface area contributed by atoms with Gasteiger partial charge in [0, 0.05) is 12.7 Å². The fourth-order valence-corrected chi connectivity index (χ4v) is 3.86. The SMILES string of the molecule is C=CN1NC(C2CCCCN2C(=O)C(NC(=O)OC)c2ccccc2)C=C1N=C. The van der Waals surface area contributed by atoms with Crippen molar-refractivity contribution < 1.29 is 14.3 Å². The molecule has 0 aromatic heterocycles. The summed E-state index contributed by atoms with van der Waals surface area (Å²) in [5.41, 5.74) is 4.02. The first-order valence-electron chi connectivity index (χ1n) is 9.65. The van der Waals surface area contributed by atoms with Crippen molar-refractivity contribution in [1.29, 1.82) is 0 Å². The smallest absolute Gasteiger partial charge is 0.407 e. The summed E-state index contributed by atoms with van der Waals surface area (Å²) in [5.74, 6) is 0.502. The highest BCUT2D eigenvalue weighted by atomic mass is 16.5. The molecule has 0 radical (unpaired) electrons. The molecule has 0 spiro atoms. The number of carbonyl (C=O) groups is 2. The van der Waals surface area contributed by atoms with Crippen LogP contribution in [0.25, 0.3) is 0 Å². The molecule has 3 rings (SSSR count). The Balaban J connectivity index is 1.87. The molecule has 8 nitrogen and oxygen atoms in total. The summed E-state index contributed by atoms with van der Waals surface area (Å²) in [7, 11) is 1.28. The normalized spacial score (nSPS) is 22.4. The number of methoxy groups -OCH3 is 1. The van der Waals surface area contributed by atoms with Gasteiger partial charge in [0.25, 0.3) is 0 Å². The Morgan fingerprint density at radius 1 is 1.34 bits per heavy atom. The standard InChI is InChI=1S/C21H27N5O3/c1-4-26-18(22-2)14-16(24-26)17-12-8-9-13-25(17)20(27)19(23-21(28)29-3)15-10-6-5-7-11-15/h4-7,10-11,14,16-17,19,24H,1-2,8-9,12-13H2,3H3,(H,23,28). The molecule has 1 saturated heterocycles. The van der Waals surface area contributed by atoms with Gasteiger partial charge in [-0.25, -0.2) is 15.2 Å². The van der Waals surface area contributed by atoms with Gasteiger partial charge in [0.15, 0.2) is 0 Å². The summed E-state index contributed by atoms with van der Waals surface area (Å²) in [6.45, 7) is 7.99. The average Bonchev–Trinajstić information content (AvgIpc) is 3.20. The van der Waals surface area contributed by atoms with Crippen LogP contribution in [0.3, 0.4) is 0 Å². The van der Waals surface area contributed by atoms with Crippen LogP contribution in [0.15, 0.2) is 60.0 Å². The lowest BCUT2D eigenvalue weighted by Crippen LogP contribution is -2.56. The van der Waals surface area contributed by atoms with Gasteiger partial charge < -0.3 is 15.0 Å². The van der Waals surface area contributed by atoms with Crippen molar-refractivity contribution in [2.75, 3.05) is 13.7 Å². The van der Waals surface area contributed by atoms with Gasteiger partial charge in [0.2, 0.25) is 5.91 Å². The number of nitrogens with zero attached hydrogens (tertiary/aromatic N) is 3. The number of piperidine rings is 1. The van der Waals surface area contributed by atoms with E-state index < -0.39 is 12.1 Å². The third kappa shape index (κ3) is 4.48. The van der Waals surface area contributed by atoms with Crippen LogP contribution in [0.4, 0.5) is 4.79 Å². The number of nitrogens with one attached hydrogen (secondary N) is 2. The minimum absolute atomic E-state index is 0.0800. The van der Waals surface area contributed by atoms with Crippen LogP contribution in [0.2, 0.25) is 0 Å². The summed E-state index contributed by atoms with van der Waals surface area (Å²) >= 11 is 0. The van der Waals surface area contributed by atoms with Crippen LogP contribution in [0, 0.1) is 0 Å². The van der Waals surface area contributed by atoms with E-state index in [2.05, 4.69) is 29.0 Å². The molecule has 2 aliphatic heterocycles. The highest BCUT2D eigenvalue weighted by molar-refractivity contribution is 5.87. The van der Waals surface area contributed by atoms with Crippen molar-refractivity contribution in [3.8, 4) is 0 Å². The van der Waals surface area contributed by atoms with E-state index in [4.69, 9.17) is 4.74 Å². The van der Waals surface area contributed by atoms with Gasteiger partial charge in [-0.3, -0.25) is 9.80 Å². The molecule has 2 heterocycles. The third-order valence-electron chi connectivity index (χ3n) is 5.28. The minimum Gasteiger partial charge on any atom is -0.453 e. The minimum atomic E-state index is -0.817. The lowest BCUT2D eigenvalue weighted by molar-refractivity contribution is -0.137. The zero-order chi connectivity index (χ0) is 20.8. The van der Waals surface area contributed by atoms with Crippen molar-refractivity contribution >= 4 is 18.7 Å². The Bertz CT molecular complexity index is 795. The molecule has 0 saturated carbocycles. The number of aliphatic imine (C=N–C) groups is 1. The van der Waals surface area contributed by atoms with Crippen molar-refractivity contribution in [3.63, 3.8) is 0 Å². The van der Waals surface area contributed by atoms with Crippen molar-refractivity contribution in [2.24, 2.45) is 4.99 Å². The monoisotopic (exact) mass is 397 g/mol. The number of benzene rings is 1. The summed E-state index contributed by atoms with van der Waals surface area (Å²) in [6.07, 6.45) is 5.71. The van der Waals surface area contributed by atoms with Gasteiger partial charge in [-0.1, -0.05) is 36.9 Å². The fourth-order valence-electron chi connectivity index (χ4n) is 3.86. The molecule has 154 valence electrons. The number of likely N-dealkylation sites (tertiary alicyclic amines) is 1. The first kappa shape index (κ1) is 20.6. The zero-order valence-corrected chi connectivity index (χ0v) is 16.6. The second kappa shape index (κ2) is 9.38. The number of hydrogen-bond acceptors (Lipinski definition) is 6.